The van der Waals surface area contributed by atoms with E-state index in [1.54, 1.807) is 4.90 Å². The second-order valence-electron chi connectivity index (χ2n) is 5.20. The van der Waals surface area contributed by atoms with E-state index in [9.17, 15) is 14.4 Å². The fraction of sp³-hybridized carbons (Fsp3) is 0.750. The van der Waals surface area contributed by atoms with E-state index in [1.807, 2.05) is 19.0 Å². The normalized spacial score (nSPS) is 19.9. The van der Waals surface area contributed by atoms with E-state index in [0.717, 1.165) is 6.42 Å². The SMILES string of the molecule is CN(C)C1CCN(C(=O)NC(CCC(N)=O)C(=O)O)C1. The molecule has 114 valence electrons. The molecule has 0 bridgehead atoms. The van der Waals surface area contributed by atoms with Crippen molar-refractivity contribution in [1.29, 1.82) is 0 Å². The number of carboxylic acid groups (broad SMARTS) is 1. The molecular formula is C12H22N4O4. The number of nitrogens with two attached hydrogens (primary N) is 1. The number of rotatable bonds is 6. The molecule has 1 fully saturated rings. The van der Waals surface area contributed by atoms with Crippen LogP contribution in [0.25, 0.3) is 0 Å². The predicted octanol–water partition coefficient (Wildman–Crippen LogP) is -0.949. The number of primary amides is 1. The maximum atomic E-state index is 12.0. The van der Waals surface area contributed by atoms with Gasteiger partial charge in [-0.05, 0) is 26.9 Å². The van der Waals surface area contributed by atoms with Crippen LogP contribution >= 0.6 is 0 Å². The largest absolute Gasteiger partial charge is 0.480 e. The van der Waals surface area contributed by atoms with E-state index < -0.39 is 23.9 Å². The molecule has 0 spiro atoms. The summed E-state index contributed by atoms with van der Waals surface area (Å²) >= 11 is 0. The second kappa shape index (κ2) is 7.09. The third-order valence-electron chi connectivity index (χ3n) is 3.46. The molecule has 20 heavy (non-hydrogen) atoms. The van der Waals surface area contributed by atoms with E-state index in [2.05, 4.69) is 5.32 Å². The van der Waals surface area contributed by atoms with Crippen molar-refractivity contribution >= 4 is 17.9 Å². The van der Waals surface area contributed by atoms with Gasteiger partial charge in [-0.15, -0.1) is 0 Å². The third-order valence-corrected chi connectivity index (χ3v) is 3.46. The molecule has 1 aliphatic rings. The van der Waals surface area contributed by atoms with Crippen LogP contribution in [0.1, 0.15) is 19.3 Å². The quantitative estimate of drug-likeness (QED) is 0.582. The molecule has 8 heteroatoms. The van der Waals surface area contributed by atoms with Gasteiger partial charge in [-0.3, -0.25) is 4.79 Å². The Morgan fingerprint density at radius 2 is 2.10 bits per heavy atom. The van der Waals surface area contributed by atoms with E-state index in [-0.39, 0.29) is 18.9 Å². The number of urea groups is 1. The van der Waals surface area contributed by atoms with E-state index >= 15 is 0 Å². The fourth-order valence-electron chi connectivity index (χ4n) is 2.13. The minimum atomic E-state index is -1.16. The summed E-state index contributed by atoms with van der Waals surface area (Å²) in [4.78, 5) is 37.3. The Balaban J connectivity index is 2.50. The molecule has 0 saturated carbocycles. The Labute approximate surface area is 117 Å². The number of hydrogen-bond donors (Lipinski definition) is 3. The molecule has 1 aliphatic heterocycles. The van der Waals surface area contributed by atoms with Crippen LogP contribution in [0.2, 0.25) is 0 Å². The smallest absolute Gasteiger partial charge is 0.326 e. The van der Waals surface area contributed by atoms with Crippen LogP contribution in [-0.4, -0.2) is 72.1 Å². The zero-order valence-corrected chi connectivity index (χ0v) is 11.8. The molecule has 2 atom stereocenters. The third kappa shape index (κ3) is 4.69. The van der Waals surface area contributed by atoms with Crippen LogP contribution in [0, 0.1) is 0 Å². The highest BCUT2D eigenvalue weighted by Crippen LogP contribution is 2.13. The number of nitrogens with one attached hydrogen (secondary N) is 1. The molecule has 1 saturated heterocycles. The summed E-state index contributed by atoms with van der Waals surface area (Å²) in [5, 5.41) is 11.5. The molecule has 2 unspecified atom stereocenters. The van der Waals surface area contributed by atoms with Crippen molar-refractivity contribution in [2.75, 3.05) is 27.2 Å². The van der Waals surface area contributed by atoms with Gasteiger partial charge in [-0.1, -0.05) is 0 Å². The van der Waals surface area contributed by atoms with E-state index in [1.165, 1.54) is 0 Å². The predicted molar refractivity (Wildman–Crippen MR) is 72.0 cm³/mol. The average Bonchev–Trinajstić information content (AvgIpc) is 2.83. The van der Waals surface area contributed by atoms with Crippen molar-refractivity contribution in [3.8, 4) is 0 Å². The van der Waals surface area contributed by atoms with Crippen LogP contribution < -0.4 is 11.1 Å². The highest BCUT2D eigenvalue weighted by Gasteiger charge is 2.30. The number of carboxylic acids is 1. The Morgan fingerprint density at radius 3 is 2.55 bits per heavy atom. The van der Waals surface area contributed by atoms with Gasteiger partial charge >= 0.3 is 12.0 Å². The summed E-state index contributed by atoms with van der Waals surface area (Å²) < 4.78 is 0. The maximum Gasteiger partial charge on any atom is 0.326 e. The fourth-order valence-corrected chi connectivity index (χ4v) is 2.13. The van der Waals surface area contributed by atoms with Gasteiger partial charge in [-0.25, -0.2) is 9.59 Å². The Kier molecular flexibility index (Phi) is 5.75. The first-order valence-corrected chi connectivity index (χ1v) is 6.54. The zero-order chi connectivity index (χ0) is 15.3. The Hall–Kier alpha value is -1.83. The van der Waals surface area contributed by atoms with Crippen LogP contribution in [0.5, 0.6) is 0 Å². The lowest BCUT2D eigenvalue weighted by atomic mass is 10.1. The van der Waals surface area contributed by atoms with Crippen LogP contribution in [0.3, 0.4) is 0 Å². The van der Waals surface area contributed by atoms with Crippen molar-refractivity contribution in [3.05, 3.63) is 0 Å². The first-order valence-electron chi connectivity index (χ1n) is 6.54. The van der Waals surface area contributed by atoms with Gasteiger partial charge in [-0.2, -0.15) is 0 Å². The lowest BCUT2D eigenvalue weighted by Crippen LogP contribution is -2.48. The minimum Gasteiger partial charge on any atom is -0.480 e. The van der Waals surface area contributed by atoms with Crippen molar-refractivity contribution in [2.24, 2.45) is 5.73 Å². The average molecular weight is 286 g/mol. The Morgan fingerprint density at radius 1 is 1.45 bits per heavy atom. The summed E-state index contributed by atoms with van der Waals surface area (Å²) in [6.45, 7) is 1.16. The molecular weight excluding hydrogens is 264 g/mol. The number of nitrogens with zero attached hydrogens (tertiary/aromatic N) is 2. The van der Waals surface area contributed by atoms with Gasteiger partial charge in [0.05, 0.1) is 0 Å². The number of amides is 3. The standard InChI is InChI=1S/C12H22N4O4/c1-15(2)8-5-6-16(7-8)12(20)14-9(11(18)19)3-4-10(13)17/h8-9H,3-7H2,1-2H3,(H2,13,17)(H,14,20)(H,18,19). The van der Waals surface area contributed by atoms with Crippen LogP contribution in [0.4, 0.5) is 4.79 Å². The number of likely N-dealkylation sites (tertiary alicyclic amines) is 1. The molecule has 0 aromatic heterocycles. The van der Waals surface area contributed by atoms with Crippen molar-refractivity contribution in [1.82, 2.24) is 15.1 Å². The van der Waals surface area contributed by atoms with E-state index in [4.69, 9.17) is 10.8 Å². The zero-order valence-electron chi connectivity index (χ0n) is 11.8. The van der Waals surface area contributed by atoms with Gasteiger partial charge in [0.25, 0.3) is 0 Å². The van der Waals surface area contributed by atoms with Gasteiger partial charge < -0.3 is 26.0 Å². The van der Waals surface area contributed by atoms with Gasteiger partial charge in [0.1, 0.15) is 6.04 Å². The lowest BCUT2D eigenvalue weighted by Gasteiger charge is -2.22. The summed E-state index contributed by atoms with van der Waals surface area (Å²) in [6.07, 6.45) is 0.790. The summed E-state index contributed by atoms with van der Waals surface area (Å²) in [6, 6.07) is -1.21. The van der Waals surface area contributed by atoms with Crippen molar-refractivity contribution in [3.63, 3.8) is 0 Å². The highest BCUT2D eigenvalue weighted by atomic mass is 16.4. The summed E-state index contributed by atoms with van der Waals surface area (Å²) in [5.41, 5.74) is 4.98. The van der Waals surface area contributed by atoms with Crippen LogP contribution in [-0.2, 0) is 9.59 Å². The second-order valence-corrected chi connectivity index (χ2v) is 5.20. The topological polar surface area (TPSA) is 116 Å². The highest BCUT2D eigenvalue weighted by molar-refractivity contribution is 5.83. The lowest BCUT2D eigenvalue weighted by molar-refractivity contribution is -0.139. The molecule has 3 amide bonds. The van der Waals surface area contributed by atoms with Gasteiger partial charge in [0.15, 0.2) is 0 Å². The first-order chi connectivity index (χ1) is 9.31. The van der Waals surface area contributed by atoms with Gasteiger partial charge in [0.2, 0.25) is 5.91 Å². The number of aliphatic carboxylic acids is 1. The molecule has 1 rings (SSSR count). The molecule has 0 radical (unpaired) electrons. The van der Waals surface area contributed by atoms with Crippen LogP contribution in [0.15, 0.2) is 0 Å². The molecule has 8 nitrogen and oxygen atoms in total. The van der Waals surface area contributed by atoms with Crippen molar-refractivity contribution < 1.29 is 19.5 Å². The van der Waals surface area contributed by atoms with E-state index in [0.29, 0.717) is 13.1 Å². The molecule has 0 aromatic rings. The summed E-state index contributed by atoms with van der Waals surface area (Å²) in [7, 11) is 3.89. The molecule has 0 aromatic carbocycles. The molecule has 4 N–H and O–H groups in total. The molecule has 1 heterocycles. The Bertz CT molecular complexity index is 386. The van der Waals surface area contributed by atoms with Gasteiger partial charge in [0, 0.05) is 25.6 Å². The minimum absolute atomic E-state index is 0.00135. The van der Waals surface area contributed by atoms with Crippen molar-refractivity contribution in [2.45, 2.75) is 31.3 Å². The number of carbonyl (C=O) groups excluding carboxylic acids is 2. The number of hydrogen-bond acceptors (Lipinski definition) is 4. The maximum absolute atomic E-state index is 12.0. The number of likely N-dealkylation sites (N-methyl/N-ethyl adjacent to an activating group) is 1. The summed E-state index contributed by atoms with van der Waals surface area (Å²) in [5.74, 6) is -1.75. The molecule has 0 aliphatic carbocycles. The monoisotopic (exact) mass is 286 g/mol. The first kappa shape index (κ1) is 16.2. The number of carbonyl (C=O) groups is 3.